The Morgan fingerprint density at radius 1 is 1.22 bits per heavy atom. The lowest BCUT2D eigenvalue weighted by Crippen LogP contribution is -2.04. The number of carbonyl (C=O) groups excluding carboxylic acids is 2. The van der Waals surface area contributed by atoms with Crippen LogP contribution in [0, 0.1) is 0 Å². The summed E-state index contributed by atoms with van der Waals surface area (Å²) in [6.07, 6.45) is 3.89. The van der Waals surface area contributed by atoms with Gasteiger partial charge in [-0.15, -0.1) is 23.5 Å². The van der Waals surface area contributed by atoms with Gasteiger partial charge < -0.3 is 5.32 Å². The number of hydrogen-bond donors (Lipinski definition) is 1. The standard InChI is InChI=1S/C13H13NO2S2/c1-7(15)8-4-5-10-9(6-8)11(12(16)14-10)13(17-2)18-3/h4-6H,1-3H3,(H,14,16). The molecule has 1 aliphatic heterocycles. The Bertz CT molecular complexity index is 558. The maximum Gasteiger partial charge on any atom is 0.258 e. The minimum Gasteiger partial charge on any atom is -0.321 e. The van der Waals surface area contributed by atoms with Crippen LogP contribution >= 0.6 is 23.5 Å². The van der Waals surface area contributed by atoms with E-state index in [-0.39, 0.29) is 11.7 Å². The molecule has 1 N–H and O–H groups in total. The molecule has 1 aromatic rings. The molecule has 1 heterocycles. The van der Waals surface area contributed by atoms with Crippen molar-refractivity contribution >= 4 is 46.5 Å². The van der Waals surface area contributed by atoms with Gasteiger partial charge in [0.1, 0.15) is 0 Å². The van der Waals surface area contributed by atoms with Crippen LogP contribution < -0.4 is 5.32 Å². The molecule has 1 aromatic carbocycles. The van der Waals surface area contributed by atoms with Crippen molar-refractivity contribution in [2.45, 2.75) is 6.92 Å². The minimum absolute atomic E-state index is 0.00588. The summed E-state index contributed by atoms with van der Waals surface area (Å²) < 4.78 is 0.965. The van der Waals surface area contributed by atoms with Crippen LogP contribution in [-0.2, 0) is 4.79 Å². The molecule has 0 aromatic heterocycles. The summed E-state index contributed by atoms with van der Waals surface area (Å²) in [5, 5.41) is 2.83. The van der Waals surface area contributed by atoms with Gasteiger partial charge in [-0.05, 0) is 37.6 Å². The summed E-state index contributed by atoms with van der Waals surface area (Å²) in [7, 11) is 0. The van der Waals surface area contributed by atoms with Crippen molar-refractivity contribution in [2.75, 3.05) is 17.8 Å². The van der Waals surface area contributed by atoms with Gasteiger partial charge >= 0.3 is 0 Å². The molecule has 0 saturated heterocycles. The fraction of sp³-hybridized carbons (Fsp3) is 0.231. The summed E-state index contributed by atoms with van der Waals surface area (Å²) >= 11 is 3.09. The number of Topliss-reactive ketones (excluding diaryl/α,β-unsaturated/α-hetero) is 1. The van der Waals surface area contributed by atoms with Crippen molar-refractivity contribution in [2.24, 2.45) is 0 Å². The second-order valence-corrected chi connectivity index (χ2v) is 5.73. The van der Waals surface area contributed by atoms with E-state index in [1.165, 1.54) is 6.92 Å². The molecule has 18 heavy (non-hydrogen) atoms. The first-order chi connectivity index (χ1) is 8.58. The largest absolute Gasteiger partial charge is 0.321 e. The summed E-state index contributed by atoms with van der Waals surface area (Å²) in [5.74, 6) is -0.0873. The molecule has 1 amide bonds. The van der Waals surface area contributed by atoms with Crippen LogP contribution in [0.4, 0.5) is 5.69 Å². The van der Waals surface area contributed by atoms with Crippen molar-refractivity contribution in [3.05, 3.63) is 33.6 Å². The maximum absolute atomic E-state index is 12.0. The highest BCUT2D eigenvalue weighted by Gasteiger charge is 2.27. The average Bonchev–Trinajstić information content (AvgIpc) is 2.67. The number of fused-ring (bicyclic) bond motifs is 1. The Balaban J connectivity index is 2.63. The molecule has 0 atom stereocenters. The lowest BCUT2D eigenvalue weighted by molar-refractivity contribution is -0.110. The van der Waals surface area contributed by atoms with Crippen LogP contribution in [0.1, 0.15) is 22.8 Å². The van der Waals surface area contributed by atoms with Crippen molar-refractivity contribution in [1.29, 1.82) is 0 Å². The van der Waals surface area contributed by atoms with Gasteiger partial charge in [0.05, 0.1) is 9.81 Å². The van der Waals surface area contributed by atoms with Crippen LogP contribution in [0.5, 0.6) is 0 Å². The second-order valence-electron chi connectivity index (χ2n) is 3.84. The molecule has 0 fully saturated rings. The number of thioether (sulfide) groups is 2. The summed E-state index contributed by atoms with van der Waals surface area (Å²) in [6, 6.07) is 5.31. The highest BCUT2D eigenvalue weighted by Crippen LogP contribution is 2.40. The van der Waals surface area contributed by atoms with Crippen molar-refractivity contribution in [3.8, 4) is 0 Å². The Labute approximate surface area is 114 Å². The van der Waals surface area contributed by atoms with E-state index in [0.29, 0.717) is 11.1 Å². The van der Waals surface area contributed by atoms with Crippen LogP contribution in [0.2, 0.25) is 0 Å². The fourth-order valence-corrected chi connectivity index (χ4v) is 3.36. The minimum atomic E-state index is -0.0931. The molecule has 5 heteroatoms. The molecular weight excluding hydrogens is 266 g/mol. The van der Waals surface area contributed by atoms with E-state index in [4.69, 9.17) is 0 Å². The van der Waals surface area contributed by atoms with Crippen LogP contribution in [0.15, 0.2) is 22.4 Å². The monoisotopic (exact) mass is 279 g/mol. The number of benzene rings is 1. The van der Waals surface area contributed by atoms with E-state index in [1.54, 1.807) is 41.7 Å². The van der Waals surface area contributed by atoms with Crippen LogP contribution in [0.3, 0.4) is 0 Å². The molecule has 0 bridgehead atoms. The molecular formula is C13H13NO2S2. The zero-order valence-electron chi connectivity index (χ0n) is 10.4. The van der Waals surface area contributed by atoms with Crippen LogP contribution in [-0.4, -0.2) is 24.2 Å². The average molecular weight is 279 g/mol. The third-order valence-corrected chi connectivity index (χ3v) is 4.90. The van der Waals surface area contributed by atoms with Gasteiger partial charge in [-0.1, -0.05) is 0 Å². The summed E-state index contributed by atoms with van der Waals surface area (Å²) in [6.45, 7) is 1.53. The molecule has 94 valence electrons. The second kappa shape index (κ2) is 5.20. The Hall–Kier alpha value is -1.20. The Morgan fingerprint density at radius 3 is 2.44 bits per heavy atom. The number of hydrogen-bond acceptors (Lipinski definition) is 4. The predicted octanol–water partition coefficient (Wildman–Crippen LogP) is 3.24. The number of nitrogens with one attached hydrogen (secondary N) is 1. The van der Waals surface area contributed by atoms with E-state index in [9.17, 15) is 9.59 Å². The van der Waals surface area contributed by atoms with E-state index < -0.39 is 0 Å². The first-order valence-corrected chi connectivity index (χ1v) is 7.82. The molecule has 0 aliphatic carbocycles. The molecule has 0 radical (unpaired) electrons. The van der Waals surface area contributed by atoms with E-state index >= 15 is 0 Å². The first kappa shape index (κ1) is 13.2. The molecule has 3 nitrogen and oxygen atoms in total. The zero-order valence-corrected chi connectivity index (χ0v) is 12.0. The lowest BCUT2D eigenvalue weighted by atomic mass is 10.0. The van der Waals surface area contributed by atoms with Crippen molar-refractivity contribution in [3.63, 3.8) is 0 Å². The maximum atomic E-state index is 12.0. The van der Waals surface area contributed by atoms with Crippen molar-refractivity contribution in [1.82, 2.24) is 0 Å². The Morgan fingerprint density at radius 2 is 1.89 bits per heavy atom. The van der Waals surface area contributed by atoms with E-state index in [1.807, 2.05) is 12.5 Å². The summed E-state index contributed by atoms with van der Waals surface area (Å²) in [5.41, 5.74) is 2.91. The van der Waals surface area contributed by atoms with Gasteiger partial charge in [0.25, 0.3) is 5.91 Å². The normalized spacial score (nSPS) is 13.3. The molecule has 2 rings (SSSR count). The quantitative estimate of drug-likeness (QED) is 0.681. The SMILES string of the molecule is CSC(SC)=C1C(=O)Nc2ccc(C(C)=O)cc21. The number of carbonyl (C=O) groups is 2. The van der Waals surface area contributed by atoms with Gasteiger partial charge in [-0.2, -0.15) is 0 Å². The Kier molecular flexibility index (Phi) is 3.82. The van der Waals surface area contributed by atoms with Gasteiger partial charge in [-0.3, -0.25) is 9.59 Å². The van der Waals surface area contributed by atoms with Crippen molar-refractivity contribution < 1.29 is 9.59 Å². The predicted molar refractivity (Wildman–Crippen MR) is 79.0 cm³/mol. The third kappa shape index (κ3) is 2.20. The molecule has 0 spiro atoms. The van der Waals surface area contributed by atoms with E-state index in [2.05, 4.69) is 5.32 Å². The molecule has 1 aliphatic rings. The van der Waals surface area contributed by atoms with Gasteiger partial charge in [-0.25, -0.2) is 0 Å². The number of anilines is 1. The number of ketones is 1. The highest BCUT2D eigenvalue weighted by molar-refractivity contribution is 8.22. The molecule has 0 unspecified atom stereocenters. The van der Waals surface area contributed by atoms with Crippen LogP contribution in [0.25, 0.3) is 5.57 Å². The van der Waals surface area contributed by atoms with E-state index in [0.717, 1.165) is 15.5 Å². The zero-order chi connectivity index (χ0) is 13.3. The van der Waals surface area contributed by atoms with Gasteiger partial charge in [0, 0.05) is 16.8 Å². The number of rotatable bonds is 3. The highest BCUT2D eigenvalue weighted by atomic mass is 32.2. The lowest BCUT2D eigenvalue weighted by Gasteiger charge is -2.05. The smallest absolute Gasteiger partial charge is 0.258 e. The number of amides is 1. The third-order valence-electron chi connectivity index (χ3n) is 2.75. The topological polar surface area (TPSA) is 46.2 Å². The molecule has 0 saturated carbocycles. The van der Waals surface area contributed by atoms with Gasteiger partial charge in [0.15, 0.2) is 5.78 Å². The summed E-state index contributed by atoms with van der Waals surface area (Å²) in [4.78, 5) is 23.4. The first-order valence-electron chi connectivity index (χ1n) is 5.37. The van der Waals surface area contributed by atoms with Gasteiger partial charge in [0.2, 0.25) is 0 Å². The fourth-order valence-electron chi connectivity index (χ4n) is 1.88.